The number of nitrogens with one attached hydrogen (secondary N) is 1. The minimum atomic E-state index is -0.936. The molecule has 6 nitrogen and oxygen atoms in total. The van der Waals surface area contributed by atoms with Crippen molar-refractivity contribution in [1.29, 1.82) is 0 Å². The third kappa shape index (κ3) is 3.93. The van der Waals surface area contributed by atoms with E-state index in [1.54, 1.807) is 11.8 Å². The quantitative estimate of drug-likeness (QED) is 0.823. The van der Waals surface area contributed by atoms with Gasteiger partial charge < -0.3 is 10.1 Å². The number of benzene rings is 1. The van der Waals surface area contributed by atoms with E-state index in [-0.39, 0.29) is 5.91 Å². The van der Waals surface area contributed by atoms with E-state index in [9.17, 15) is 9.00 Å². The molecule has 1 aliphatic heterocycles. The van der Waals surface area contributed by atoms with Crippen LogP contribution in [0.1, 0.15) is 49.8 Å². The van der Waals surface area contributed by atoms with Crippen LogP contribution in [0.2, 0.25) is 0 Å². The number of carbonyl (C=O) groups excluding carboxylic acids is 1. The third-order valence-electron chi connectivity index (χ3n) is 5.50. The van der Waals surface area contributed by atoms with Gasteiger partial charge in [0, 0.05) is 22.8 Å². The highest BCUT2D eigenvalue weighted by Crippen LogP contribution is 2.32. The van der Waals surface area contributed by atoms with Gasteiger partial charge in [0.1, 0.15) is 11.6 Å². The van der Waals surface area contributed by atoms with E-state index >= 15 is 0 Å². The molecule has 7 heteroatoms. The van der Waals surface area contributed by atoms with Gasteiger partial charge in [-0.25, -0.2) is 4.68 Å². The van der Waals surface area contributed by atoms with Crippen molar-refractivity contribution in [1.82, 2.24) is 9.78 Å². The van der Waals surface area contributed by atoms with E-state index in [4.69, 9.17) is 4.74 Å². The minimum absolute atomic E-state index is 0.0112. The van der Waals surface area contributed by atoms with Crippen LogP contribution in [0.4, 0.5) is 5.82 Å². The second-order valence-corrected chi connectivity index (χ2v) is 8.81. The van der Waals surface area contributed by atoms with Crippen molar-refractivity contribution < 1.29 is 13.7 Å². The molecule has 1 aromatic heterocycles. The summed E-state index contributed by atoms with van der Waals surface area (Å²) in [4.78, 5) is 12.6. The minimum Gasteiger partial charge on any atom is -0.497 e. The van der Waals surface area contributed by atoms with Crippen LogP contribution in [-0.2, 0) is 27.1 Å². The Labute approximate surface area is 161 Å². The number of ether oxygens (including phenoxy) is 1. The van der Waals surface area contributed by atoms with Gasteiger partial charge in [-0.15, -0.1) is 0 Å². The number of hydrogen-bond donors (Lipinski definition) is 1. The largest absolute Gasteiger partial charge is 0.497 e. The number of hydrogen-bond acceptors (Lipinski definition) is 4. The van der Waals surface area contributed by atoms with E-state index in [0.29, 0.717) is 29.7 Å². The van der Waals surface area contributed by atoms with Gasteiger partial charge in [-0.3, -0.25) is 9.00 Å². The van der Waals surface area contributed by atoms with Crippen molar-refractivity contribution >= 4 is 22.5 Å². The Hall–Kier alpha value is -2.15. The molecule has 1 atom stereocenters. The number of rotatable bonds is 6. The van der Waals surface area contributed by atoms with Crippen LogP contribution in [0, 0.1) is 5.92 Å². The fraction of sp³-hybridized carbons (Fsp3) is 0.500. The van der Waals surface area contributed by atoms with Gasteiger partial charge >= 0.3 is 0 Å². The van der Waals surface area contributed by atoms with Crippen molar-refractivity contribution in [2.24, 2.45) is 5.92 Å². The zero-order valence-corrected chi connectivity index (χ0v) is 16.4. The highest BCUT2D eigenvalue weighted by molar-refractivity contribution is 7.83. The summed E-state index contributed by atoms with van der Waals surface area (Å²) < 4.78 is 18.9. The molecule has 27 heavy (non-hydrogen) atoms. The molecular formula is C20H25N3O3S. The van der Waals surface area contributed by atoms with Crippen LogP contribution < -0.4 is 10.1 Å². The van der Waals surface area contributed by atoms with E-state index in [2.05, 4.69) is 10.4 Å². The Kier molecular flexibility index (Phi) is 5.29. The van der Waals surface area contributed by atoms with Crippen molar-refractivity contribution in [3.8, 4) is 11.4 Å². The van der Waals surface area contributed by atoms with E-state index in [1.807, 2.05) is 24.3 Å². The normalized spacial score (nSPS) is 19.2. The highest BCUT2D eigenvalue weighted by Gasteiger charge is 2.28. The van der Waals surface area contributed by atoms with E-state index in [1.165, 1.54) is 25.7 Å². The first kappa shape index (κ1) is 18.2. The summed E-state index contributed by atoms with van der Waals surface area (Å²) in [6, 6.07) is 7.55. The summed E-state index contributed by atoms with van der Waals surface area (Å²) in [6.45, 7) is 0. The highest BCUT2D eigenvalue weighted by atomic mass is 32.2. The standard InChI is InChI=1S/C20H25N3O3S/c1-26-16-9-7-15(8-10-16)23-20(17-12-27(25)13-18(17)22-23)21-19(24)11-6-14-4-2-3-5-14/h7-10,14H,2-6,11-13H2,1H3,(H,21,24). The topological polar surface area (TPSA) is 73.2 Å². The van der Waals surface area contributed by atoms with Crippen molar-refractivity contribution in [3.05, 3.63) is 35.5 Å². The van der Waals surface area contributed by atoms with Crippen LogP contribution in [0.25, 0.3) is 5.69 Å². The molecule has 144 valence electrons. The number of carbonyl (C=O) groups is 1. The van der Waals surface area contributed by atoms with E-state index in [0.717, 1.165) is 29.1 Å². The molecule has 0 saturated heterocycles. The molecule has 2 aliphatic rings. The first-order valence-electron chi connectivity index (χ1n) is 9.54. The Morgan fingerprint density at radius 1 is 1.26 bits per heavy atom. The van der Waals surface area contributed by atoms with Gasteiger partial charge in [-0.1, -0.05) is 25.7 Å². The molecule has 1 amide bonds. The van der Waals surface area contributed by atoms with Gasteiger partial charge in [0.15, 0.2) is 0 Å². The number of methoxy groups -OCH3 is 1. The lowest BCUT2D eigenvalue weighted by Crippen LogP contribution is -2.17. The monoisotopic (exact) mass is 387 g/mol. The van der Waals surface area contributed by atoms with Crippen LogP contribution in [-0.4, -0.2) is 27.0 Å². The maximum Gasteiger partial charge on any atom is 0.225 e. The van der Waals surface area contributed by atoms with Gasteiger partial charge in [-0.05, 0) is 36.6 Å². The Bertz CT molecular complexity index is 854. The fourth-order valence-electron chi connectivity index (χ4n) is 4.00. The molecular weight excluding hydrogens is 362 g/mol. The zero-order valence-electron chi connectivity index (χ0n) is 15.6. The molecule has 1 N–H and O–H groups in total. The Balaban J connectivity index is 1.55. The molecule has 0 radical (unpaired) electrons. The average molecular weight is 388 g/mol. The first-order valence-corrected chi connectivity index (χ1v) is 11.0. The lowest BCUT2D eigenvalue weighted by atomic mass is 10.0. The molecule has 2 heterocycles. The van der Waals surface area contributed by atoms with E-state index < -0.39 is 10.8 Å². The number of aromatic nitrogens is 2. The van der Waals surface area contributed by atoms with Crippen LogP contribution in [0.5, 0.6) is 5.75 Å². The predicted octanol–water partition coefficient (Wildman–Crippen LogP) is 3.55. The lowest BCUT2D eigenvalue weighted by Gasteiger charge is -2.13. The van der Waals surface area contributed by atoms with Crippen molar-refractivity contribution in [2.75, 3.05) is 12.4 Å². The maximum absolute atomic E-state index is 12.6. The molecule has 2 aromatic rings. The van der Waals surface area contributed by atoms with Gasteiger partial charge in [0.2, 0.25) is 5.91 Å². The van der Waals surface area contributed by atoms with Gasteiger partial charge in [0.05, 0.1) is 30.0 Å². The SMILES string of the molecule is COc1ccc(-n2nc3c(c2NC(=O)CCC2CCCC2)CS(=O)C3)cc1. The predicted molar refractivity (Wildman–Crippen MR) is 105 cm³/mol. The lowest BCUT2D eigenvalue weighted by molar-refractivity contribution is -0.116. The summed E-state index contributed by atoms with van der Waals surface area (Å²) in [5.74, 6) is 3.02. The summed E-state index contributed by atoms with van der Waals surface area (Å²) in [5.41, 5.74) is 2.57. The maximum atomic E-state index is 12.6. The molecule has 1 aromatic carbocycles. The van der Waals surface area contributed by atoms with Crippen LogP contribution in [0.3, 0.4) is 0 Å². The molecule has 0 bridgehead atoms. The summed E-state index contributed by atoms with van der Waals surface area (Å²) in [6.07, 6.45) is 6.52. The van der Waals surface area contributed by atoms with Crippen molar-refractivity contribution in [2.45, 2.75) is 50.0 Å². The number of fused-ring (bicyclic) bond motifs is 1. The smallest absolute Gasteiger partial charge is 0.225 e. The molecule has 4 rings (SSSR count). The van der Waals surface area contributed by atoms with Gasteiger partial charge in [0.25, 0.3) is 0 Å². The first-order chi connectivity index (χ1) is 13.1. The number of anilines is 1. The summed E-state index contributed by atoms with van der Waals surface area (Å²) in [7, 11) is 0.692. The van der Waals surface area contributed by atoms with Gasteiger partial charge in [-0.2, -0.15) is 5.10 Å². The second kappa shape index (κ2) is 7.84. The average Bonchev–Trinajstić information content (AvgIpc) is 3.38. The summed E-state index contributed by atoms with van der Waals surface area (Å²) in [5, 5.41) is 7.68. The molecule has 1 unspecified atom stereocenters. The fourth-order valence-corrected chi connectivity index (χ4v) is 5.26. The summed E-state index contributed by atoms with van der Waals surface area (Å²) >= 11 is 0. The number of nitrogens with zero attached hydrogens (tertiary/aromatic N) is 2. The Morgan fingerprint density at radius 3 is 2.70 bits per heavy atom. The van der Waals surface area contributed by atoms with Crippen molar-refractivity contribution in [3.63, 3.8) is 0 Å². The third-order valence-corrected chi connectivity index (χ3v) is 6.71. The van der Waals surface area contributed by atoms with Crippen LogP contribution in [0.15, 0.2) is 24.3 Å². The number of amides is 1. The molecule has 0 spiro atoms. The second-order valence-electron chi connectivity index (χ2n) is 7.35. The molecule has 1 aliphatic carbocycles. The Morgan fingerprint density at radius 2 is 2.00 bits per heavy atom. The zero-order chi connectivity index (χ0) is 18.8. The van der Waals surface area contributed by atoms with Crippen LogP contribution >= 0.6 is 0 Å². The molecule has 1 saturated carbocycles. The molecule has 1 fully saturated rings.